The van der Waals surface area contributed by atoms with Gasteiger partial charge in [0.2, 0.25) is 0 Å². The Balaban J connectivity index is 2.03. The lowest BCUT2D eigenvalue weighted by Gasteiger charge is -2.11. The standard InChI is InChI=1S/C16H14ClN3OS2/c1-3-6-20-15(21)13-7-11(17)4-5-14(13)19-16(20)23-9-12-8-22-10(2)18-12/h3-5,7-8H,1,6,9H2,2H3. The molecule has 0 bridgehead atoms. The fraction of sp³-hybridized carbons (Fsp3) is 0.188. The van der Waals surface area contributed by atoms with Gasteiger partial charge in [-0.05, 0) is 25.1 Å². The number of hydrogen-bond donors (Lipinski definition) is 0. The van der Waals surface area contributed by atoms with Gasteiger partial charge >= 0.3 is 0 Å². The van der Waals surface area contributed by atoms with Crippen molar-refractivity contribution >= 4 is 45.6 Å². The Morgan fingerprint density at radius 1 is 1.43 bits per heavy atom. The van der Waals surface area contributed by atoms with E-state index < -0.39 is 0 Å². The van der Waals surface area contributed by atoms with E-state index in [0.717, 1.165) is 10.7 Å². The van der Waals surface area contributed by atoms with Crippen LogP contribution in [0.3, 0.4) is 0 Å². The topological polar surface area (TPSA) is 47.8 Å². The molecule has 23 heavy (non-hydrogen) atoms. The number of halogens is 1. The van der Waals surface area contributed by atoms with Crippen molar-refractivity contribution in [1.29, 1.82) is 0 Å². The van der Waals surface area contributed by atoms with Gasteiger partial charge in [0.25, 0.3) is 5.56 Å². The molecule has 0 aliphatic rings. The number of benzene rings is 1. The predicted octanol–water partition coefficient (Wildman–Crippen LogP) is 4.29. The maximum absolute atomic E-state index is 12.7. The van der Waals surface area contributed by atoms with Crippen molar-refractivity contribution in [2.75, 3.05) is 0 Å². The molecule has 3 aromatic rings. The van der Waals surface area contributed by atoms with Gasteiger partial charge in [-0.15, -0.1) is 17.9 Å². The van der Waals surface area contributed by atoms with Crippen LogP contribution in [0.2, 0.25) is 5.02 Å². The molecule has 3 rings (SSSR count). The van der Waals surface area contributed by atoms with E-state index in [2.05, 4.69) is 16.5 Å². The smallest absolute Gasteiger partial charge is 0.262 e. The normalized spacial score (nSPS) is 11.0. The van der Waals surface area contributed by atoms with E-state index in [1.807, 2.05) is 12.3 Å². The third kappa shape index (κ3) is 3.49. The Hall–Kier alpha value is -1.63. The highest BCUT2D eigenvalue weighted by Gasteiger charge is 2.12. The van der Waals surface area contributed by atoms with Crippen LogP contribution in [0.1, 0.15) is 10.7 Å². The van der Waals surface area contributed by atoms with Gasteiger partial charge in [0, 0.05) is 22.7 Å². The van der Waals surface area contributed by atoms with Crippen molar-refractivity contribution in [3.05, 3.63) is 62.3 Å². The summed E-state index contributed by atoms with van der Waals surface area (Å²) < 4.78 is 1.62. The summed E-state index contributed by atoms with van der Waals surface area (Å²) >= 11 is 9.11. The zero-order valence-electron chi connectivity index (χ0n) is 12.5. The van der Waals surface area contributed by atoms with Gasteiger partial charge in [-0.2, -0.15) is 0 Å². The predicted molar refractivity (Wildman–Crippen MR) is 97.6 cm³/mol. The van der Waals surface area contributed by atoms with E-state index in [-0.39, 0.29) is 5.56 Å². The average molecular weight is 364 g/mol. The Morgan fingerprint density at radius 2 is 2.26 bits per heavy atom. The summed E-state index contributed by atoms with van der Waals surface area (Å²) in [6.45, 7) is 6.11. The minimum absolute atomic E-state index is 0.102. The maximum atomic E-state index is 12.7. The van der Waals surface area contributed by atoms with Crippen LogP contribution in [0, 0.1) is 6.92 Å². The molecule has 0 unspecified atom stereocenters. The first kappa shape index (κ1) is 16.2. The third-order valence-corrected chi connectivity index (χ3v) is 5.28. The van der Waals surface area contributed by atoms with Gasteiger partial charge in [0.1, 0.15) is 0 Å². The minimum Gasteiger partial charge on any atom is -0.283 e. The lowest BCUT2D eigenvalue weighted by Crippen LogP contribution is -2.22. The van der Waals surface area contributed by atoms with Gasteiger partial charge in [-0.1, -0.05) is 29.4 Å². The Morgan fingerprint density at radius 3 is 2.96 bits per heavy atom. The van der Waals surface area contributed by atoms with Crippen LogP contribution in [-0.4, -0.2) is 14.5 Å². The first-order valence-corrected chi connectivity index (χ1v) is 9.17. The van der Waals surface area contributed by atoms with Crippen LogP contribution < -0.4 is 5.56 Å². The van der Waals surface area contributed by atoms with Crippen LogP contribution in [0.25, 0.3) is 10.9 Å². The summed E-state index contributed by atoms with van der Waals surface area (Å²) in [7, 11) is 0. The molecule has 0 saturated carbocycles. The highest BCUT2D eigenvalue weighted by Crippen LogP contribution is 2.24. The third-order valence-electron chi connectivity index (χ3n) is 3.21. The number of hydrogen-bond acceptors (Lipinski definition) is 5. The van der Waals surface area contributed by atoms with Gasteiger partial charge in [0.15, 0.2) is 5.16 Å². The minimum atomic E-state index is -0.102. The van der Waals surface area contributed by atoms with E-state index in [9.17, 15) is 4.79 Å². The van der Waals surface area contributed by atoms with Crippen molar-refractivity contribution in [3.63, 3.8) is 0 Å². The Kier molecular flexibility index (Phi) is 4.84. The molecule has 0 fully saturated rings. The van der Waals surface area contributed by atoms with Crippen molar-refractivity contribution in [3.8, 4) is 0 Å². The zero-order chi connectivity index (χ0) is 16.4. The molecule has 0 amide bonds. The number of allylic oxidation sites excluding steroid dienone is 1. The van der Waals surface area contributed by atoms with Gasteiger partial charge < -0.3 is 0 Å². The lowest BCUT2D eigenvalue weighted by atomic mass is 10.2. The molecule has 4 nitrogen and oxygen atoms in total. The van der Waals surface area contributed by atoms with E-state index >= 15 is 0 Å². The van der Waals surface area contributed by atoms with Crippen LogP contribution in [0.4, 0.5) is 0 Å². The molecule has 7 heteroatoms. The van der Waals surface area contributed by atoms with Crippen LogP contribution in [0.15, 0.2) is 46.2 Å². The summed E-state index contributed by atoms with van der Waals surface area (Å²) in [6.07, 6.45) is 1.69. The van der Waals surface area contributed by atoms with Gasteiger partial charge in [-0.3, -0.25) is 9.36 Å². The number of aryl methyl sites for hydroxylation is 1. The Labute approximate surface area is 146 Å². The molecule has 0 radical (unpaired) electrons. The average Bonchev–Trinajstić information content (AvgIpc) is 2.95. The quantitative estimate of drug-likeness (QED) is 0.385. The summed E-state index contributed by atoms with van der Waals surface area (Å²) in [4.78, 5) is 21.8. The lowest BCUT2D eigenvalue weighted by molar-refractivity contribution is 0.671. The first-order chi connectivity index (χ1) is 11.1. The number of aromatic nitrogens is 3. The molecule has 0 saturated heterocycles. The van der Waals surface area contributed by atoms with Crippen LogP contribution in [-0.2, 0) is 12.3 Å². The number of nitrogens with zero attached hydrogens (tertiary/aromatic N) is 3. The zero-order valence-corrected chi connectivity index (χ0v) is 14.8. The van der Waals surface area contributed by atoms with Crippen molar-refractivity contribution < 1.29 is 0 Å². The number of fused-ring (bicyclic) bond motifs is 1. The molecule has 118 valence electrons. The largest absolute Gasteiger partial charge is 0.283 e. The second-order valence-electron chi connectivity index (χ2n) is 4.91. The first-order valence-electron chi connectivity index (χ1n) is 6.93. The van der Waals surface area contributed by atoms with Crippen molar-refractivity contribution in [2.24, 2.45) is 0 Å². The van der Waals surface area contributed by atoms with Crippen molar-refractivity contribution in [1.82, 2.24) is 14.5 Å². The number of thiazole rings is 1. The molecule has 0 N–H and O–H groups in total. The molecule has 0 atom stereocenters. The Bertz CT molecular complexity index is 933. The molecule has 2 heterocycles. The monoisotopic (exact) mass is 363 g/mol. The van der Waals surface area contributed by atoms with Crippen LogP contribution in [0.5, 0.6) is 0 Å². The molecule has 0 spiro atoms. The summed E-state index contributed by atoms with van der Waals surface area (Å²) in [6, 6.07) is 5.17. The molecular weight excluding hydrogens is 350 g/mol. The van der Waals surface area contributed by atoms with E-state index in [0.29, 0.717) is 33.4 Å². The number of rotatable bonds is 5. The molecule has 1 aromatic carbocycles. The van der Waals surface area contributed by atoms with E-state index in [1.54, 1.807) is 40.2 Å². The highest BCUT2D eigenvalue weighted by molar-refractivity contribution is 7.98. The summed E-state index contributed by atoms with van der Waals surface area (Å²) in [5.41, 5.74) is 1.54. The van der Waals surface area contributed by atoms with Crippen LogP contribution >= 0.6 is 34.7 Å². The molecule has 0 aliphatic carbocycles. The van der Waals surface area contributed by atoms with Gasteiger partial charge in [0.05, 0.1) is 21.6 Å². The SMILES string of the molecule is C=CCn1c(SCc2csc(C)n2)nc2ccc(Cl)cc2c1=O. The summed E-state index contributed by atoms with van der Waals surface area (Å²) in [5, 5.41) is 4.77. The summed E-state index contributed by atoms with van der Waals surface area (Å²) in [5.74, 6) is 0.674. The molecule has 2 aromatic heterocycles. The van der Waals surface area contributed by atoms with Gasteiger partial charge in [-0.25, -0.2) is 9.97 Å². The fourth-order valence-electron chi connectivity index (χ4n) is 2.19. The van der Waals surface area contributed by atoms with E-state index in [4.69, 9.17) is 11.6 Å². The molecular formula is C16H14ClN3OS2. The molecule has 0 aliphatic heterocycles. The second kappa shape index (κ2) is 6.86. The van der Waals surface area contributed by atoms with E-state index in [1.165, 1.54) is 11.8 Å². The second-order valence-corrected chi connectivity index (χ2v) is 7.35. The fourth-order valence-corrected chi connectivity index (χ4v) is 3.98. The van der Waals surface area contributed by atoms with Crippen molar-refractivity contribution in [2.45, 2.75) is 24.4 Å². The number of thioether (sulfide) groups is 1. The highest BCUT2D eigenvalue weighted by atomic mass is 35.5. The maximum Gasteiger partial charge on any atom is 0.262 e.